The Balaban J connectivity index is 2.99. The van der Waals surface area contributed by atoms with Crippen molar-refractivity contribution in [2.24, 2.45) is 0 Å². The molecule has 0 radical (unpaired) electrons. The minimum atomic E-state index is 0.510. The summed E-state index contributed by atoms with van der Waals surface area (Å²) >= 11 is 5.74. The molecule has 0 aliphatic heterocycles. The first-order valence-corrected chi connectivity index (χ1v) is 4.39. The van der Waals surface area contributed by atoms with Crippen LogP contribution in [0.15, 0.2) is 4.52 Å². The molecule has 1 aromatic rings. The summed E-state index contributed by atoms with van der Waals surface area (Å²) in [6.45, 7) is 4.09. The first kappa shape index (κ1) is 8.60. The molecule has 0 aliphatic carbocycles. The fourth-order valence-electron chi connectivity index (χ4n) is 1.09. The van der Waals surface area contributed by atoms with Crippen molar-refractivity contribution in [2.75, 3.05) is 0 Å². The van der Waals surface area contributed by atoms with Gasteiger partial charge in [0.25, 0.3) is 0 Å². The van der Waals surface area contributed by atoms with Crippen molar-refractivity contribution < 1.29 is 4.52 Å². The second kappa shape index (κ2) is 3.77. The normalized spacial score (nSPS) is 10.5. The SMILES string of the molecule is CCc1noc(CC)c1CCl. The van der Waals surface area contributed by atoms with E-state index in [0.29, 0.717) is 5.88 Å². The van der Waals surface area contributed by atoms with Gasteiger partial charge in [-0.15, -0.1) is 11.6 Å². The number of rotatable bonds is 3. The predicted octanol–water partition coefficient (Wildman–Crippen LogP) is 2.54. The standard InChI is InChI=1S/C8H12ClNO/c1-3-7-6(5-9)8(4-2)11-10-7/h3-5H2,1-2H3. The number of alkyl halides is 1. The first-order valence-electron chi connectivity index (χ1n) is 3.85. The molecule has 0 spiro atoms. The third-order valence-electron chi connectivity index (χ3n) is 1.74. The Hall–Kier alpha value is -0.500. The van der Waals surface area contributed by atoms with E-state index in [4.69, 9.17) is 16.1 Å². The Kier molecular flexibility index (Phi) is 2.94. The van der Waals surface area contributed by atoms with Gasteiger partial charge in [0.2, 0.25) is 0 Å². The average molecular weight is 174 g/mol. The summed E-state index contributed by atoms with van der Waals surface area (Å²) in [5, 5.41) is 3.92. The van der Waals surface area contributed by atoms with Crippen molar-refractivity contribution in [3.63, 3.8) is 0 Å². The Morgan fingerprint density at radius 3 is 2.55 bits per heavy atom. The molecule has 3 heteroatoms. The van der Waals surface area contributed by atoms with Gasteiger partial charge in [-0.25, -0.2) is 0 Å². The van der Waals surface area contributed by atoms with Crippen molar-refractivity contribution in [3.05, 3.63) is 17.0 Å². The highest BCUT2D eigenvalue weighted by Gasteiger charge is 2.10. The number of aryl methyl sites for hydroxylation is 2. The minimum absolute atomic E-state index is 0.510. The highest BCUT2D eigenvalue weighted by atomic mass is 35.5. The third-order valence-corrected chi connectivity index (χ3v) is 2.01. The monoisotopic (exact) mass is 173 g/mol. The molecule has 0 amide bonds. The van der Waals surface area contributed by atoms with Gasteiger partial charge in [-0.3, -0.25) is 0 Å². The Morgan fingerprint density at radius 1 is 1.36 bits per heavy atom. The van der Waals surface area contributed by atoms with Gasteiger partial charge in [0.15, 0.2) is 0 Å². The molecule has 0 fully saturated rings. The molecule has 11 heavy (non-hydrogen) atoms. The van der Waals surface area contributed by atoms with Crippen molar-refractivity contribution in [1.29, 1.82) is 0 Å². The smallest absolute Gasteiger partial charge is 0.141 e. The fourth-order valence-corrected chi connectivity index (χ4v) is 1.39. The van der Waals surface area contributed by atoms with Gasteiger partial charge < -0.3 is 4.52 Å². The van der Waals surface area contributed by atoms with E-state index in [2.05, 4.69) is 5.16 Å². The van der Waals surface area contributed by atoms with Crippen LogP contribution in [0.2, 0.25) is 0 Å². The van der Waals surface area contributed by atoms with Gasteiger partial charge >= 0.3 is 0 Å². The van der Waals surface area contributed by atoms with Crippen molar-refractivity contribution >= 4 is 11.6 Å². The van der Waals surface area contributed by atoms with Gasteiger partial charge in [-0.2, -0.15) is 0 Å². The number of halogens is 1. The largest absolute Gasteiger partial charge is 0.361 e. The lowest BCUT2D eigenvalue weighted by Crippen LogP contribution is -1.88. The summed E-state index contributed by atoms with van der Waals surface area (Å²) in [4.78, 5) is 0. The molecule has 62 valence electrons. The lowest BCUT2D eigenvalue weighted by atomic mass is 10.1. The van der Waals surface area contributed by atoms with Crippen LogP contribution in [0.3, 0.4) is 0 Å². The molecule has 2 nitrogen and oxygen atoms in total. The molecular weight excluding hydrogens is 162 g/mol. The average Bonchev–Trinajstić information content (AvgIpc) is 2.45. The van der Waals surface area contributed by atoms with Gasteiger partial charge in [0, 0.05) is 12.0 Å². The van der Waals surface area contributed by atoms with Crippen LogP contribution in [0.5, 0.6) is 0 Å². The summed E-state index contributed by atoms with van der Waals surface area (Å²) in [6.07, 6.45) is 1.76. The summed E-state index contributed by atoms with van der Waals surface area (Å²) < 4.78 is 5.09. The van der Waals surface area contributed by atoms with Crippen LogP contribution in [0.1, 0.15) is 30.9 Å². The number of aromatic nitrogens is 1. The zero-order valence-electron chi connectivity index (χ0n) is 6.85. The summed E-state index contributed by atoms with van der Waals surface area (Å²) in [6, 6.07) is 0. The van der Waals surface area contributed by atoms with Crippen LogP contribution in [-0.2, 0) is 18.7 Å². The van der Waals surface area contributed by atoms with Crippen molar-refractivity contribution in [2.45, 2.75) is 32.6 Å². The Bertz CT molecular complexity index is 210. The molecule has 0 N–H and O–H groups in total. The van der Waals surface area contributed by atoms with Gasteiger partial charge in [0.1, 0.15) is 5.76 Å². The highest BCUT2D eigenvalue weighted by molar-refractivity contribution is 6.17. The molecule has 1 aromatic heterocycles. The van der Waals surface area contributed by atoms with E-state index < -0.39 is 0 Å². The first-order chi connectivity index (χ1) is 5.33. The highest BCUT2D eigenvalue weighted by Crippen LogP contribution is 2.17. The van der Waals surface area contributed by atoms with E-state index in [1.165, 1.54) is 0 Å². The predicted molar refractivity (Wildman–Crippen MR) is 44.8 cm³/mol. The van der Waals surface area contributed by atoms with Gasteiger partial charge in [0.05, 0.1) is 11.6 Å². The molecule has 0 aliphatic rings. The molecule has 1 rings (SSSR count). The second-order valence-electron chi connectivity index (χ2n) is 2.37. The Morgan fingerprint density at radius 2 is 2.09 bits per heavy atom. The third kappa shape index (κ3) is 1.56. The fraction of sp³-hybridized carbons (Fsp3) is 0.625. The van der Waals surface area contributed by atoms with Crippen LogP contribution in [0, 0.1) is 0 Å². The number of hydrogen-bond acceptors (Lipinski definition) is 2. The van der Waals surface area contributed by atoms with Gasteiger partial charge in [-0.1, -0.05) is 19.0 Å². The van der Waals surface area contributed by atoms with E-state index in [9.17, 15) is 0 Å². The summed E-state index contributed by atoms with van der Waals surface area (Å²) in [5.74, 6) is 1.44. The molecule has 0 aromatic carbocycles. The number of hydrogen-bond donors (Lipinski definition) is 0. The van der Waals surface area contributed by atoms with Crippen LogP contribution in [0.25, 0.3) is 0 Å². The van der Waals surface area contributed by atoms with Crippen LogP contribution >= 0.6 is 11.6 Å². The van der Waals surface area contributed by atoms with Crippen LogP contribution < -0.4 is 0 Å². The summed E-state index contributed by atoms with van der Waals surface area (Å²) in [5.41, 5.74) is 2.08. The zero-order chi connectivity index (χ0) is 8.27. The zero-order valence-corrected chi connectivity index (χ0v) is 7.61. The van der Waals surface area contributed by atoms with Crippen molar-refractivity contribution in [3.8, 4) is 0 Å². The van der Waals surface area contributed by atoms with E-state index >= 15 is 0 Å². The van der Waals surface area contributed by atoms with Crippen LogP contribution in [0.4, 0.5) is 0 Å². The van der Waals surface area contributed by atoms with E-state index in [0.717, 1.165) is 29.9 Å². The van der Waals surface area contributed by atoms with E-state index in [-0.39, 0.29) is 0 Å². The van der Waals surface area contributed by atoms with E-state index in [1.54, 1.807) is 0 Å². The van der Waals surface area contributed by atoms with Crippen molar-refractivity contribution in [1.82, 2.24) is 5.16 Å². The topological polar surface area (TPSA) is 26.0 Å². The molecule has 0 bridgehead atoms. The van der Waals surface area contributed by atoms with Gasteiger partial charge in [-0.05, 0) is 6.42 Å². The van der Waals surface area contributed by atoms with Crippen LogP contribution in [-0.4, -0.2) is 5.16 Å². The second-order valence-corrected chi connectivity index (χ2v) is 2.64. The quantitative estimate of drug-likeness (QED) is 0.657. The molecular formula is C8H12ClNO. The maximum absolute atomic E-state index is 5.74. The summed E-state index contributed by atoms with van der Waals surface area (Å²) in [7, 11) is 0. The lowest BCUT2D eigenvalue weighted by Gasteiger charge is -1.93. The molecule has 1 heterocycles. The maximum Gasteiger partial charge on any atom is 0.141 e. The lowest BCUT2D eigenvalue weighted by molar-refractivity contribution is 0.380. The number of nitrogens with zero attached hydrogens (tertiary/aromatic N) is 1. The van der Waals surface area contributed by atoms with E-state index in [1.807, 2.05) is 13.8 Å². The molecule has 0 unspecified atom stereocenters. The molecule has 0 atom stereocenters. The minimum Gasteiger partial charge on any atom is -0.361 e. The molecule has 0 saturated heterocycles. The molecule has 0 saturated carbocycles. The maximum atomic E-state index is 5.74. The Labute approximate surface area is 71.5 Å².